The largest absolute Gasteiger partial charge is 0.496 e. The van der Waals surface area contributed by atoms with Crippen LogP contribution in [0.4, 0.5) is 5.69 Å². The lowest BCUT2D eigenvalue weighted by Gasteiger charge is -2.08. The average Bonchev–Trinajstić information content (AvgIpc) is 2.76. The van der Waals surface area contributed by atoms with Gasteiger partial charge in [-0.2, -0.15) is 0 Å². The molecule has 0 radical (unpaired) electrons. The van der Waals surface area contributed by atoms with Crippen molar-refractivity contribution in [3.8, 4) is 5.75 Å². The van der Waals surface area contributed by atoms with Gasteiger partial charge in [-0.25, -0.2) is 4.79 Å². The molecule has 0 saturated carbocycles. The van der Waals surface area contributed by atoms with E-state index in [1.54, 1.807) is 29.9 Å². The highest BCUT2D eigenvalue weighted by Crippen LogP contribution is 2.21. The number of hydrogen-bond acceptors (Lipinski definition) is 4. The van der Waals surface area contributed by atoms with Crippen molar-refractivity contribution in [2.24, 2.45) is 0 Å². The highest BCUT2D eigenvalue weighted by molar-refractivity contribution is 5.77. The average molecular weight is 270 g/mol. The van der Waals surface area contributed by atoms with Crippen molar-refractivity contribution in [1.29, 1.82) is 0 Å². The van der Waals surface area contributed by atoms with E-state index in [0.717, 1.165) is 11.3 Å². The normalized spacial score (nSPS) is 10.8. The molecule has 0 aliphatic heterocycles. The maximum atomic E-state index is 12.0. The number of aromatic nitrogens is 1. The fraction of sp³-hybridized carbons (Fsp3) is 0.133. The first-order valence-electron chi connectivity index (χ1n) is 6.20. The van der Waals surface area contributed by atoms with Crippen LogP contribution in [0.3, 0.4) is 0 Å². The predicted octanol–water partition coefficient (Wildman–Crippen LogP) is 2.23. The maximum absolute atomic E-state index is 12.0. The summed E-state index contributed by atoms with van der Waals surface area (Å²) in [6.07, 6.45) is 0. The molecule has 0 aliphatic carbocycles. The molecule has 0 fully saturated rings. The standard InChI is InChI=1S/C15H14N2O3/c1-19-13-5-3-2-4-10(13)9-17-12-8-11(16)6-7-14(12)20-15(17)18/h2-8H,9,16H2,1H3. The third-order valence-electron chi connectivity index (χ3n) is 3.21. The molecule has 5 nitrogen and oxygen atoms in total. The van der Waals surface area contributed by atoms with E-state index in [1.165, 1.54) is 0 Å². The fourth-order valence-corrected chi connectivity index (χ4v) is 2.23. The smallest absolute Gasteiger partial charge is 0.420 e. The molecule has 0 unspecified atom stereocenters. The zero-order valence-corrected chi connectivity index (χ0v) is 11.0. The first-order chi connectivity index (χ1) is 9.69. The molecular formula is C15H14N2O3. The Kier molecular flexibility index (Phi) is 2.95. The van der Waals surface area contributed by atoms with Crippen molar-refractivity contribution in [2.45, 2.75) is 6.54 Å². The van der Waals surface area contributed by atoms with Crippen LogP contribution in [0.2, 0.25) is 0 Å². The highest BCUT2D eigenvalue weighted by Gasteiger charge is 2.11. The molecule has 2 aromatic carbocycles. The number of para-hydroxylation sites is 1. The molecule has 0 spiro atoms. The number of nitrogens with zero attached hydrogens (tertiary/aromatic N) is 1. The van der Waals surface area contributed by atoms with Gasteiger partial charge in [0, 0.05) is 11.3 Å². The molecule has 0 bridgehead atoms. The molecule has 1 heterocycles. The molecule has 20 heavy (non-hydrogen) atoms. The van der Waals surface area contributed by atoms with E-state index < -0.39 is 5.76 Å². The summed E-state index contributed by atoms with van der Waals surface area (Å²) in [6, 6.07) is 12.7. The molecule has 5 heteroatoms. The number of fused-ring (bicyclic) bond motifs is 1. The second-order valence-corrected chi connectivity index (χ2v) is 4.49. The molecule has 102 valence electrons. The Labute approximate surface area is 115 Å². The Balaban J connectivity index is 2.13. The van der Waals surface area contributed by atoms with Crippen LogP contribution in [0.15, 0.2) is 51.7 Å². The number of oxazole rings is 1. The van der Waals surface area contributed by atoms with Crippen LogP contribution in [0, 0.1) is 0 Å². The Hall–Kier alpha value is -2.69. The van der Waals surface area contributed by atoms with E-state index in [-0.39, 0.29) is 0 Å². The Bertz CT molecular complexity index is 817. The van der Waals surface area contributed by atoms with Crippen LogP contribution >= 0.6 is 0 Å². The van der Waals surface area contributed by atoms with Crippen molar-refractivity contribution in [1.82, 2.24) is 4.57 Å². The number of benzene rings is 2. The minimum atomic E-state index is -0.406. The van der Waals surface area contributed by atoms with Gasteiger partial charge in [0.25, 0.3) is 0 Å². The van der Waals surface area contributed by atoms with Crippen LogP contribution in [0.25, 0.3) is 11.1 Å². The summed E-state index contributed by atoms with van der Waals surface area (Å²) in [6.45, 7) is 0.374. The molecule has 0 aliphatic rings. The number of methoxy groups -OCH3 is 1. The number of nitrogens with two attached hydrogens (primary N) is 1. The minimum Gasteiger partial charge on any atom is -0.496 e. The van der Waals surface area contributed by atoms with Gasteiger partial charge in [-0.05, 0) is 24.3 Å². The molecule has 0 amide bonds. The van der Waals surface area contributed by atoms with Gasteiger partial charge in [0.15, 0.2) is 5.58 Å². The Morgan fingerprint density at radius 2 is 2.05 bits per heavy atom. The summed E-state index contributed by atoms with van der Waals surface area (Å²) < 4.78 is 12.1. The van der Waals surface area contributed by atoms with Crippen molar-refractivity contribution >= 4 is 16.8 Å². The number of anilines is 1. The Morgan fingerprint density at radius 3 is 2.85 bits per heavy atom. The van der Waals surface area contributed by atoms with E-state index in [4.69, 9.17) is 14.9 Å². The predicted molar refractivity (Wildman–Crippen MR) is 77.0 cm³/mol. The summed E-state index contributed by atoms with van der Waals surface area (Å²) in [5.41, 5.74) is 8.47. The first-order valence-corrected chi connectivity index (χ1v) is 6.20. The van der Waals surface area contributed by atoms with Gasteiger partial charge in [0.05, 0.1) is 19.2 Å². The van der Waals surface area contributed by atoms with Crippen LogP contribution in [-0.4, -0.2) is 11.7 Å². The van der Waals surface area contributed by atoms with Gasteiger partial charge in [-0.15, -0.1) is 0 Å². The number of rotatable bonds is 3. The SMILES string of the molecule is COc1ccccc1Cn1c(=O)oc2ccc(N)cc21. The number of nitrogen functional groups attached to an aromatic ring is 1. The van der Waals surface area contributed by atoms with Crippen LogP contribution in [-0.2, 0) is 6.54 Å². The second-order valence-electron chi connectivity index (χ2n) is 4.49. The zero-order chi connectivity index (χ0) is 14.1. The highest BCUT2D eigenvalue weighted by atomic mass is 16.5. The van der Waals surface area contributed by atoms with Crippen molar-refractivity contribution in [3.63, 3.8) is 0 Å². The first kappa shape index (κ1) is 12.3. The van der Waals surface area contributed by atoms with Crippen LogP contribution in [0.1, 0.15) is 5.56 Å². The van der Waals surface area contributed by atoms with Gasteiger partial charge < -0.3 is 14.9 Å². The quantitative estimate of drug-likeness (QED) is 0.741. The van der Waals surface area contributed by atoms with Crippen molar-refractivity contribution in [2.75, 3.05) is 12.8 Å². The van der Waals surface area contributed by atoms with Crippen LogP contribution < -0.4 is 16.2 Å². The zero-order valence-electron chi connectivity index (χ0n) is 11.0. The molecule has 1 aromatic heterocycles. The van der Waals surface area contributed by atoms with Crippen LogP contribution in [0.5, 0.6) is 5.75 Å². The van der Waals surface area contributed by atoms with Gasteiger partial charge in [-0.1, -0.05) is 18.2 Å². The topological polar surface area (TPSA) is 70.4 Å². The van der Waals surface area contributed by atoms with Gasteiger partial charge in [-0.3, -0.25) is 4.57 Å². The van der Waals surface area contributed by atoms with E-state index in [9.17, 15) is 4.79 Å². The number of hydrogen-bond donors (Lipinski definition) is 1. The van der Waals surface area contributed by atoms with Crippen molar-refractivity contribution in [3.05, 3.63) is 58.6 Å². The Morgan fingerprint density at radius 1 is 1.25 bits per heavy atom. The summed E-state index contributed by atoms with van der Waals surface area (Å²) in [4.78, 5) is 12.0. The summed E-state index contributed by atoms with van der Waals surface area (Å²) >= 11 is 0. The van der Waals surface area contributed by atoms with Gasteiger partial charge in [0.2, 0.25) is 0 Å². The number of ether oxygens (including phenoxy) is 1. The molecule has 2 N–H and O–H groups in total. The lowest BCUT2D eigenvalue weighted by Crippen LogP contribution is -2.15. The van der Waals surface area contributed by atoms with Gasteiger partial charge >= 0.3 is 5.76 Å². The monoisotopic (exact) mass is 270 g/mol. The third kappa shape index (κ3) is 2.03. The molecule has 3 aromatic rings. The van der Waals surface area contributed by atoms with E-state index >= 15 is 0 Å². The van der Waals surface area contributed by atoms with E-state index in [0.29, 0.717) is 23.3 Å². The van der Waals surface area contributed by atoms with E-state index in [2.05, 4.69) is 0 Å². The molecular weight excluding hydrogens is 256 g/mol. The summed E-state index contributed by atoms with van der Waals surface area (Å²) in [5.74, 6) is 0.328. The molecule has 0 atom stereocenters. The lowest BCUT2D eigenvalue weighted by molar-refractivity contribution is 0.407. The third-order valence-corrected chi connectivity index (χ3v) is 3.21. The fourth-order valence-electron chi connectivity index (χ4n) is 2.23. The maximum Gasteiger partial charge on any atom is 0.420 e. The minimum absolute atomic E-state index is 0.374. The lowest BCUT2D eigenvalue weighted by atomic mass is 10.2. The van der Waals surface area contributed by atoms with Crippen molar-refractivity contribution < 1.29 is 9.15 Å². The molecule has 3 rings (SSSR count). The second kappa shape index (κ2) is 4.77. The van der Waals surface area contributed by atoms with E-state index in [1.807, 2.05) is 24.3 Å². The summed E-state index contributed by atoms with van der Waals surface area (Å²) in [7, 11) is 1.60. The van der Waals surface area contributed by atoms with Gasteiger partial charge in [0.1, 0.15) is 5.75 Å². The summed E-state index contributed by atoms with van der Waals surface area (Å²) in [5, 5.41) is 0. The molecule has 0 saturated heterocycles.